The van der Waals surface area contributed by atoms with Gasteiger partial charge in [0.25, 0.3) is 0 Å². The average molecular weight is 301 g/mol. The molecule has 2 aliphatic rings. The maximum Gasteiger partial charge on any atom is 0.225 e. The standard InChI is InChI=1S/C19H27NO2/c1-22-18-11-9-15(10-12-18)17-8-4-5-13-20(14-17)19(21)16-6-2-3-7-16/h9-12,16-17H,2-8,13-14H2,1H3. The number of benzene rings is 1. The molecule has 3 nitrogen and oxygen atoms in total. The van der Waals surface area contributed by atoms with Gasteiger partial charge in [-0.25, -0.2) is 0 Å². The molecule has 1 aliphatic carbocycles. The molecule has 0 radical (unpaired) electrons. The third kappa shape index (κ3) is 3.45. The van der Waals surface area contributed by atoms with Crippen LogP contribution in [-0.2, 0) is 4.79 Å². The second-order valence-corrected chi connectivity index (χ2v) is 6.73. The predicted octanol–water partition coefficient (Wildman–Crippen LogP) is 3.98. The van der Waals surface area contributed by atoms with E-state index < -0.39 is 0 Å². The van der Waals surface area contributed by atoms with E-state index in [1.807, 2.05) is 12.1 Å². The molecule has 0 aromatic heterocycles. The van der Waals surface area contributed by atoms with Crippen molar-refractivity contribution in [2.45, 2.75) is 50.9 Å². The zero-order chi connectivity index (χ0) is 15.4. The van der Waals surface area contributed by atoms with E-state index in [-0.39, 0.29) is 0 Å². The van der Waals surface area contributed by atoms with Crippen molar-refractivity contribution in [1.82, 2.24) is 4.90 Å². The number of hydrogen-bond donors (Lipinski definition) is 0. The Balaban J connectivity index is 1.69. The third-order valence-electron chi connectivity index (χ3n) is 5.27. The monoisotopic (exact) mass is 301 g/mol. The molecule has 1 aromatic rings. The van der Waals surface area contributed by atoms with Crippen LogP contribution in [0.3, 0.4) is 0 Å². The lowest BCUT2D eigenvalue weighted by Crippen LogP contribution is -2.37. The average Bonchev–Trinajstić information content (AvgIpc) is 2.99. The van der Waals surface area contributed by atoms with Gasteiger partial charge >= 0.3 is 0 Å². The number of nitrogens with zero attached hydrogens (tertiary/aromatic N) is 1. The molecule has 1 aliphatic heterocycles. The number of carbonyl (C=O) groups is 1. The zero-order valence-electron chi connectivity index (χ0n) is 13.6. The van der Waals surface area contributed by atoms with E-state index >= 15 is 0 Å². The van der Waals surface area contributed by atoms with Crippen molar-refractivity contribution in [2.24, 2.45) is 5.92 Å². The summed E-state index contributed by atoms with van der Waals surface area (Å²) >= 11 is 0. The minimum Gasteiger partial charge on any atom is -0.497 e. The van der Waals surface area contributed by atoms with Crippen molar-refractivity contribution in [3.63, 3.8) is 0 Å². The fourth-order valence-corrected chi connectivity index (χ4v) is 3.92. The van der Waals surface area contributed by atoms with Gasteiger partial charge in [-0.1, -0.05) is 31.4 Å². The second kappa shape index (κ2) is 7.17. The van der Waals surface area contributed by atoms with Crippen molar-refractivity contribution >= 4 is 5.91 Å². The molecule has 1 amide bonds. The van der Waals surface area contributed by atoms with E-state index in [9.17, 15) is 4.79 Å². The van der Waals surface area contributed by atoms with E-state index in [4.69, 9.17) is 4.74 Å². The summed E-state index contributed by atoms with van der Waals surface area (Å²) in [5.74, 6) is 2.09. The van der Waals surface area contributed by atoms with Crippen molar-refractivity contribution in [1.29, 1.82) is 0 Å². The van der Waals surface area contributed by atoms with Crippen molar-refractivity contribution in [3.05, 3.63) is 29.8 Å². The lowest BCUT2D eigenvalue weighted by molar-refractivity contribution is -0.135. The van der Waals surface area contributed by atoms with Crippen LogP contribution in [0.25, 0.3) is 0 Å². The van der Waals surface area contributed by atoms with Crippen molar-refractivity contribution in [2.75, 3.05) is 20.2 Å². The summed E-state index contributed by atoms with van der Waals surface area (Å²) in [6, 6.07) is 8.38. The van der Waals surface area contributed by atoms with Gasteiger partial charge in [-0.05, 0) is 43.4 Å². The molecule has 3 rings (SSSR count). The number of hydrogen-bond acceptors (Lipinski definition) is 2. The molecule has 1 saturated heterocycles. The summed E-state index contributed by atoms with van der Waals surface area (Å²) < 4.78 is 5.24. The van der Waals surface area contributed by atoms with Gasteiger partial charge in [0.1, 0.15) is 5.75 Å². The quantitative estimate of drug-likeness (QED) is 0.845. The summed E-state index contributed by atoms with van der Waals surface area (Å²) in [6.45, 7) is 1.84. The van der Waals surface area contributed by atoms with Crippen LogP contribution >= 0.6 is 0 Å². The van der Waals surface area contributed by atoms with E-state index in [1.54, 1.807) is 7.11 Å². The minimum absolute atomic E-state index is 0.301. The van der Waals surface area contributed by atoms with Gasteiger partial charge in [0, 0.05) is 24.9 Å². The number of ether oxygens (including phenoxy) is 1. The first-order valence-electron chi connectivity index (χ1n) is 8.70. The molecule has 1 unspecified atom stereocenters. The highest BCUT2D eigenvalue weighted by Gasteiger charge is 2.30. The highest BCUT2D eigenvalue weighted by Crippen LogP contribution is 2.31. The SMILES string of the molecule is COc1ccc(C2CCCCN(C(=O)C3CCCC3)C2)cc1. The Morgan fingerprint density at radius 3 is 2.41 bits per heavy atom. The number of carbonyl (C=O) groups excluding carboxylic acids is 1. The Bertz CT molecular complexity index is 491. The zero-order valence-corrected chi connectivity index (χ0v) is 13.6. The number of amides is 1. The number of likely N-dealkylation sites (tertiary alicyclic amines) is 1. The highest BCUT2D eigenvalue weighted by atomic mass is 16.5. The van der Waals surface area contributed by atoms with E-state index in [2.05, 4.69) is 17.0 Å². The first-order valence-corrected chi connectivity index (χ1v) is 8.70. The molecule has 0 spiro atoms. The third-order valence-corrected chi connectivity index (χ3v) is 5.27. The van der Waals surface area contributed by atoms with Gasteiger partial charge < -0.3 is 9.64 Å². The molecule has 1 aromatic carbocycles. The summed E-state index contributed by atoms with van der Waals surface area (Å²) in [4.78, 5) is 14.9. The molecule has 22 heavy (non-hydrogen) atoms. The molecule has 1 atom stereocenters. The molecule has 0 bridgehead atoms. The molecule has 2 fully saturated rings. The summed E-state index contributed by atoms with van der Waals surface area (Å²) in [5.41, 5.74) is 1.34. The van der Waals surface area contributed by atoms with Gasteiger partial charge in [-0.15, -0.1) is 0 Å². The molecule has 0 N–H and O–H groups in total. The van der Waals surface area contributed by atoms with Crippen LogP contribution < -0.4 is 4.74 Å². The van der Waals surface area contributed by atoms with E-state index in [0.717, 1.165) is 38.1 Å². The first-order chi connectivity index (χ1) is 10.8. The van der Waals surface area contributed by atoms with E-state index in [0.29, 0.717) is 17.7 Å². The van der Waals surface area contributed by atoms with Crippen LogP contribution in [0.1, 0.15) is 56.4 Å². The maximum atomic E-state index is 12.7. The van der Waals surface area contributed by atoms with Gasteiger partial charge in [0.05, 0.1) is 7.11 Å². The predicted molar refractivity (Wildman–Crippen MR) is 88.1 cm³/mol. The summed E-state index contributed by atoms with van der Waals surface area (Å²) in [5, 5.41) is 0. The lowest BCUT2D eigenvalue weighted by Gasteiger charge is -2.27. The van der Waals surface area contributed by atoms with E-state index in [1.165, 1.54) is 31.2 Å². The van der Waals surface area contributed by atoms with Gasteiger partial charge in [-0.3, -0.25) is 4.79 Å². The van der Waals surface area contributed by atoms with Crippen molar-refractivity contribution < 1.29 is 9.53 Å². The second-order valence-electron chi connectivity index (χ2n) is 6.73. The summed E-state index contributed by atoms with van der Waals surface area (Å²) in [6.07, 6.45) is 8.19. The fourth-order valence-electron chi connectivity index (χ4n) is 3.92. The van der Waals surface area contributed by atoms with Crippen LogP contribution in [-0.4, -0.2) is 31.0 Å². The smallest absolute Gasteiger partial charge is 0.225 e. The Hall–Kier alpha value is -1.51. The minimum atomic E-state index is 0.301. The van der Waals surface area contributed by atoms with Crippen LogP contribution in [0.15, 0.2) is 24.3 Å². The molecular weight excluding hydrogens is 274 g/mol. The highest BCUT2D eigenvalue weighted by molar-refractivity contribution is 5.79. The summed E-state index contributed by atoms with van der Waals surface area (Å²) in [7, 11) is 1.70. The largest absolute Gasteiger partial charge is 0.497 e. The number of methoxy groups -OCH3 is 1. The van der Waals surface area contributed by atoms with Crippen LogP contribution in [0.5, 0.6) is 5.75 Å². The lowest BCUT2D eigenvalue weighted by atomic mass is 9.94. The molecule has 120 valence electrons. The first kappa shape index (κ1) is 15.4. The Morgan fingerprint density at radius 2 is 1.73 bits per heavy atom. The number of rotatable bonds is 3. The Morgan fingerprint density at radius 1 is 1.05 bits per heavy atom. The Kier molecular flexibility index (Phi) is 5.01. The van der Waals surface area contributed by atoms with Gasteiger partial charge in [-0.2, -0.15) is 0 Å². The molecule has 1 saturated carbocycles. The molecule has 1 heterocycles. The van der Waals surface area contributed by atoms with Crippen LogP contribution in [0, 0.1) is 5.92 Å². The fraction of sp³-hybridized carbons (Fsp3) is 0.632. The molecule has 3 heteroatoms. The Labute approximate surface area is 133 Å². The topological polar surface area (TPSA) is 29.5 Å². The van der Waals surface area contributed by atoms with Gasteiger partial charge in [0.2, 0.25) is 5.91 Å². The van der Waals surface area contributed by atoms with Crippen LogP contribution in [0.2, 0.25) is 0 Å². The molecular formula is C19H27NO2. The van der Waals surface area contributed by atoms with Crippen molar-refractivity contribution in [3.8, 4) is 5.75 Å². The van der Waals surface area contributed by atoms with Crippen LogP contribution in [0.4, 0.5) is 0 Å². The normalized spacial score (nSPS) is 23.3. The maximum absolute atomic E-state index is 12.7. The van der Waals surface area contributed by atoms with Gasteiger partial charge in [0.15, 0.2) is 0 Å².